The number of carbonyl (C=O) groups is 1. The van der Waals surface area contributed by atoms with Gasteiger partial charge in [0.05, 0.1) is 11.7 Å². The van der Waals surface area contributed by atoms with Gasteiger partial charge in [-0.25, -0.2) is 0 Å². The molecule has 1 rings (SSSR count). The van der Waals surface area contributed by atoms with Crippen molar-refractivity contribution >= 4 is 5.91 Å². The van der Waals surface area contributed by atoms with Gasteiger partial charge in [-0.1, -0.05) is 0 Å². The van der Waals surface area contributed by atoms with Gasteiger partial charge in [0, 0.05) is 30.9 Å². The Kier molecular flexibility index (Phi) is 4.90. The Balaban J connectivity index is 2.76. The Morgan fingerprint density at radius 1 is 1.39 bits per heavy atom. The van der Waals surface area contributed by atoms with Crippen molar-refractivity contribution in [1.82, 2.24) is 20.4 Å². The number of hydrogen-bond acceptors (Lipinski definition) is 3. The van der Waals surface area contributed by atoms with Crippen LogP contribution in [0.25, 0.3) is 0 Å². The van der Waals surface area contributed by atoms with Crippen molar-refractivity contribution in [2.75, 3.05) is 6.54 Å². The van der Waals surface area contributed by atoms with Gasteiger partial charge in [-0.3, -0.25) is 14.8 Å². The van der Waals surface area contributed by atoms with Crippen molar-refractivity contribution in [1.29, 1.82) is 0 Å². The zero-order valence-corrected chi connectivity index (χ0v) is 12.2. The molecule has 102 valence electrons. The number of hydrogen-bond donors (Lipinski definition) is 2. The van der Waals surface area contributed by atoms with Gasteiger partial charge in [0.1, 0.15) is 0 Å². The summed E-state index contributed by atoms with van der Waals surface area (Å²) in [7, 11) is 1.94. The molecule has 1 amide bonds. The molecule has 1 aromatic rings. The molecule has 0 radical (unpaired) electrons. The molecule has 5 heteroatoms. The van der Waals surface area contributed by atoms with Crippen molar-refractivity contribution in [3.63, 3.8) is 0 Å². The van der Waals surface area contributed by atoms with E-state index in [-0.39, 0.29) is 18.0 Å². The van der Waals surface area contributed by atoms with Crippen LogP contribution in [0.2, 0.25) is 0 Å². The summed E-state index contributed by atoms with van der Waals surface area (Å²) in [6.45, 7) is 10.6. The number of nitrogens with one attached hydrogen (secondary N) is 2. The second kappa shape index (κ2) is 6.00. The molecule has 5 nitrogen and oxygen atoms in total. The molecule has 2 N–H and O–H groups in total. The highest BCUT2D eigenvalue weighted by Crippen LogP contribution is 2.20. The lowest BCUT2D eigenvalue weighted by atomic mass is 10.1. The third kappa shape index (κ3) is 3.10. The summed E-state index contributed by atoms with van der Waals surface area (Å²) in [5, 5.41) is 10.5. The molecular formula is C13H24N4O. The summed E-state index contributed by atoms with van der Waals surface area (Å²) >= 11 is 0. The Morgan fingerprint density at radius 2 is 2.00 bits per heavy atom. The second-order valence-corrected chi connectivity index (χ2v) is 4.71. The average molecular weight is 252 g/mol. The van der Waals surface area contributed by atoms with Crippen LogP contribution in [0.15, 0.2) is 0 Å². The predicted molar refractivity (Wildman–Crippen MR) is 72.4 cm³/mol. The van der Waals surface area contributed by atoms with E-state index in [0.29, 0.717) is 6.54 Å². The molecule has 0 bridgehead atoms. The van der Waals surface area contributed by atoms with Crippen molar-refractivity contribution in [3.05, 3.63) is 17.0 Å². The van der Waals surface area contributed by atoms with Crippen molar-refractivity contribution in [2.24, 2.45) is 7.05 Å². The molecule has 0 fully saturated rings. The molecule has 1 heterocycles. The molecule has 0 saturated heterocycles. The van der Waals surface area contributed by atoms with Gasteiger partial charge in [-0.2, -0.15) is 5.10 Å². The lowest BCUT2D eigenvalue weighted by Gasteiger charge is -2.20. The lowest BCUT2D eigenvalue weighted by Crippen LogP contribution is -2.43. The fraction of sp³-hybridized carbons (Fsp3) is 0.692. The van der Waals surface area contributed by atoms with Gasteiger partial charge in [0.25, 0.3) is 0 Å². The van der Waals surface area contributed by atoms with Crippen LogP contribution < -0.4 is 10.6 Å². The third-order valence-electron chi connectivity index (χ3n) is 3.24. The number of amides is 1. The van der Waals surface area contributed by atoms with Crippen LogP contribution in [-0.2, 0) is 11.8 Å². The minimum Gasteiger partial charge on any atom is -0.355 e. The van der Waals surface area contributed by atoms with E-state index in [2.05, 4.69) is 22.7 Å². The van der Waals surface area contributed by atoms with Crippen LogP contribution in [0.5, 0.6) is 0 Å². The zero-order valence-electron chi connectivity index (χ0n) is 12.2. The fourth-order valence-electron chi connectivity index (χ4n) is 2.28. The molecular weight excluding hydrogens is 228 g/mol. The van der Waals surface area contributed by atoms with E-state index in [9.17, 15) is 4.79 Å². The predicted octanol–water partition coefficient (Wildman–Crippen LogP) is 1.21. The minimum absolute atomic E-state index is 0.0311. The second-order valence-electron chi connectivity index (χ2n) is 4.71. The summed E-state index contributed by atoms with van der Waals surface area (Å²) in [6, 6.07) is -0.102. The maximum atomic E-state index is 11.7. The van der Waals surface area contributed by atoms with E-state index >= 15 is 0 Å². The van der Waals surface area contributed by atoms with Gasteiger partial charge in [-0.15, -0.1) is 0 Å². The first-order valence-corrected chi connectivity index (χ1v) is 6.42. The van der Waals surface area contributed by atoms with Crippen LogP contribution in [0.3, 0.4) is 0 Å². The van der Waals surface area contributed by atoms with Crippen LogP contribution in [0.4, 0.5) is 0 Å². The highest BCUT2D eigenvalue weighted by Gasteiger charge is 2.20. The minimum atomic E-state index is -0.209. The van der Waals surface area contributed by atoms with Crippen LogP contribution >= 0.6 is 0 Å². The highest BCUT2D eigenvalue weighted by atomic mass is 16.2. The highest BCUT2D eigenvalue weighted by molar-refractivity contribution is 5.81. The molecule has 0 aromatic carbocycles. The van der Waals surface area contributed by atoms with E-state index in [4.69, 9.17) is 0 Å². The molecule has 0 aliphatic carbocycles. The normalized spacial score (nSPS) is 14.3. The number of aryl methyl sites for hydroxylation is 2. The number of likely N-dealkylation sites (N-methyl/N-ethyl adjacent to an activating group) is 1. The monoisotopic (exact) mass is 252 g/mol. The topological polar surface area (TPSA) is 59.0 Å². The van der Waals surface area contributed by atoms with E-state index in [1.54, 1.807) is 0 Å². The third-order valence-corrected chi connectivity index (χ3v) is 3.24. The number of nitrogens with zero attached hydrogens (tertiary/aromatic N) is 2. The van der Waals surface area contributed by atoms with Gasteiger partial charge < -0.3 is 5.32 Å². The molecule has 0 saturated carbocycles. The van der Waals surface area contributed by atoms with Gasteiger partial charge >= 0.3 is 0 Å². The average Bonchev–Trinajstić information content (AvgIpc) is 2.53. The van der Waals surface area contributed by atoms with Gasteiger partial charge in [0.2, 0.25) is 5.91 Å². The summed E-state index contributed by atoms with van der Waals surface area (Å²) in [4.78, 5) is 11.7. The Bertz CT molecular complexity index is 425. The smallest absolute Gasteiger partial charge is 0.236 e. The van der Waals surface area contributed by atoms with Crippen LogP contribution in [0, 0.1) is 13.8 Å². The summed E-state index contributed by atoms with van der Waals surface area (Å²) in [5.41, 5.74) is 3.32. The fourth-order valence-corrected chi connectivity index (χ4v) is 2.28. The quantitative estimate of drug-likeness (QED) is 0.828. The molecule has 0 spiro atoms. The van der Waals surface area contributed by atoms with E-state index in [0.717, 1.165) is 11.4 Å². The molecule has 2 unspecified atom stereocenters. The van der Waals surface area contributed by atoms with Crippen molar-refractivity contribution < 1.29 is 4.79 Å². The molecule has 0 aliphatic heterocycles. The number of rotatable bonds is 5. The summed E-state index contributed by atoms with van der Waals surface area (Å²) in [6.07, 6.45) is 0. The molecule has 2 atom stereocenters. The Labute approximate surface area is 109 Å². The Morgan fingerprint density at radius 3 is 2.44 bits per heavy atom. The maximum Gasteiger partial charge on any atom is 0.236 e. The first-order chi connectivity index (χ1) is 8.38. The SMILES string of the molecule is CCNC(=O)C(C)NC(C)c1c(C)nn(C)c1C. The number of aromatic nitrogens is 2. The lowest BCUT2D eigenvalue weighted by molar-refractivity contribution is -0.122. The van der Waals surface area contributed by atoms with E-state index < -0.39 is 0 Å². The van der Waals surface area contributed by atoms with E-state index in [1.165, 1.54) is 5.56 Å². The van der Waals surface area contributed by atoms with Crippen LogP contribution in [-0.4, -0.2) is 28.3 Å². The van der Waals surface area contributed by atoms with Crippen molar-refractivity contribution in [3.8, 4) is 0 Å². The van der Waals surface area contributed by atoms with Crippen molar-refractivity contribution in [2.45, 2.75) is 46.7 Å². The summed E-state index contributed by atoms with van der Waals surface area (Å²) < 4.78 is 1.87. The molecule has 1 aromatic heterocycles. The first-order valence-electron chi connectivity index (χ1n) is 6.42. The zero-order chi connectivity index (χ0) is 13.9. The van der Waals surface area contributed by atoms with Gasteiger partial charge in [0.15, 0.2) is 0 Å². The molecule has 18 heavy (non-hydrogen) atoms. The number of carbonyl (C=O) groups excluding carboxylic acids is 1. The van der Waals surface area contributed by atoms with Gasteiger partial charge in [-0.05, 0) is 34.6 Å². The van der Waals surface area contributed by atoms with E-state index in [1.807, 2.05) is 39.4 Å². The van der Waals surface area contributed by atoms with Crippen LogP contribution in [0.1, 0.15) is 43.8 Å². The first kappa shape index (κ1) is 14.7. The maximum absolute atomic E-state index is 11.7. The Hall–Kier alpha value is -1.36. The summed E-state index contributed by atoms with van der Waals surface area (Å²) in [5.74, 6) is 0.0311. The standard InChI is InChI=1S/C13H24N4O/c1-7-14-13(18)10(4)15-8(2)12-9(3)16-17(6)11(12)5/h8,10,15H,7H2,1-6H3,(H,14,18). The molecule has 0 aliphatic rings. The largest absolute Gasteiger partial charge is 0.355 e.